The molecule has 1 N–H and O–H groups in total. The summed E-state index contributed by atoms with van der Waals surface area (Å²) in [5.41, 5.74) is 2.47. The van der Waals surface area contributed by atoms with Crippen LogP contribution in [0.2, 0.25) is 0 Å². The molecule has 0 unspecified atom stereocenters. The minimum Gasteiger partial charge on any atom is -0.395 e. The Morgan fingerprint density at radius 3 is 2.48 bits per heavy atom. The van der Waals surface area contributed by atoms with E-state index in [1.165, 1.54) is 0 Å². The van der Waals surface area contributed by atoms with Gasteiger partial charge in [0, 0.05) is 25.1 Å². The van der Waals surface area contributed by atoms with Crippen molar-refractivity contribution in [2.75, 3.05) is 19.7 Å². The number of aliphatic hydroxyl groups excluding tert-OH is 1. The summed E-state index contributed by atoms with van der Waals surface area (Å²) in [6.45, 7) is 7.71. The van der Waals surface area contributed by atoms with Gasteiger partial charge >= 0.3 is 0 Å². The summed E-state index contributed by atoms with van der Waals surface area (Å²) in [5.74, 6) is 5.95. The monoisotopic (exact) mass is 287 g/mol. The molecule has 0 fully saturated rings. The molecule has 114 valence electrons. The van der Waals surface area contributed by atoms with Crippen LogP contribution in [0, 0.1) is 18.8 Å². The topological polar surface area (TPSA) is 40.5 Å². The van der Waals surface area contributed by atoms with Crippen LogP contribution in [0.15, 0.2) is 18.2 Å². The van der Waals surface area contributed by atoms with Crippen molar-refractivity contribution in [1.29, 1.82) is 0 Å². The van der Waals surface area contributed by atoms with Crippen LogP contribution in [0.1, 0.15) is 54.6 Å². The van der Waals surface area contributed by atoms with Crippen LogP contribution < -0.4 is 0 Å². The highest BCUT2D eigenvalue weighted by Gasteiger charge is 2.17. The molecule has 1 amide bonds. The van der Waals surface area contributed by atoms with E-state index in [4.69, 9.17) is 5.11 Å². The number of hydrogen-bond donors (Lipinski definition) is 1. The van der Waals surface area contributed by atoms with Crippen molar-refractivity contribution < 1.29 is 9.90 Å². The Balaban J connectivity index is 3.11. The number of benzene rings is 1. The van der Waals surface area contributed by atoms with Gasteiger partial charge in [0.05, 0.1) is 12.2 Å². The van der Waals surface area contributed by atoms with Gasteiger partial charge in [-0.05, 0) is 31.9 Å². The highest BCUT2D eigenvalue weighted by atomic mass is 16.2. The number of rotatable bonds is 6. The first-order valence-corrected chi connectivity index (χ1v) is 7.63. The number of hydrogen-bond acceptors (Lipinski definition) is 2. The van der Waals surface area contributed by atoms with Crippen LogP contribution in [-0.4, -0.2) is 35.6 Å². The maximum atomic E-state index is 12.7. The van der Waals surface area contributed by atoms with Crippen molar-refractivity contribution in [3.05, 3.63) is 34.9 Å². The standard InChI is InChI=1S/C18H25NO2/c1-4-11-19(12-5-2)18(21)17-14-15(3)9-10-16(17)8-6-7-13-20/h9-10,14,20H,4-5,7,11-13H2,1-3H3. The van der Waals surface area contributed by atoms with E-state index >= 15 is 0 Å². The Labute approximate surface area is 128 Å². The fourth-order valence-corrected chi connectivity index (χ4v) is 2.18. The number of carbonyl (C=O) groups excluding carboxylic acids is 1. The first kappa shape index (κ1) is 17.3. The van der Waals surface area contributed by atoms with Gasteiger partial charge in [-0.25, -0.2) is 0 Å². The molecule has 0 aliphatic carbocycles. The van der Waals surface area contributed by atoms with E-state index in [0.717, 1.165) is 37.1 Å². The summed E-state index contributed by atoms with van der Waals surface area (Å²) < 4.78 is 0. The normalized spacial score (nSPS) is 9.90. The Kier molecular flexibility index (Phi) is 7.56. The molecule has 1 aromatic rings. The van der Waals surface area contributed by atoms with Crippen LogP contribution in [0.5, 0.6) is 0 Å². The molecule has 0 atom stereocenters. The average molecular weight is 287 g/mol. The zero-order valence-electron chi connectivity index (χ0n) is 13.3. The van der Waals surface area contributed by atoms with Gasteiger partial charge in [-0.2, -0.15) is 0 Å². The second-order valence-electron chi connectivity index (χ2n) is 5.12. The van der Waals surface area contributed by atoms with E-state index < -0.39 is 0 Å². The first-order chi connectivity index (χ1) is 10.1. The molecular weight excluding hydrogens is 262 g/mol. The molecule has 0 aliphatic heterocycles. The van der Waals surface area contributed by atoms with Crippen molar-refractivity contribution in [2.24, 2.45) is 0 Å². The lowest BCUT2D eigenvalue weighted by atomic mass is 10.0. The van der Waals surface area contributed by atoms with Crippen LogP contribution in [0.4, 0.5) is 0 Å². The largest absolute Gasteiger partial charge is 0.395 e. The maximum absolute atomic E-state index is 12.7. The van der Waals surface area contributed by atoms with Crippen LogP contribution in [-0.2, 0) is 0 Å². The average Bonchev–Trinajstić information content (AvgIpc) is 2.48. The fraction of sp³-hybridized carbons (Fsp3) is 0.500. The lowest BCUT2D eigenvalue weighted by Gasteiger charge is -2.22. The number of nitrogens with zero attached hydrogens (tertiary/aromatic N) is 1. The van der Waals surface area contributed by atoms with Gasteiger partial charge in [0.15, 0.2) is 0 Å². The predicted molar refractivity (Wildman–Crippen MR) is 86.2 cm³/mol. The minimum atomic E-state index is 0.0416. The van der Waals surface area contributed by atoms with Gasteiger partial charge in [0.1, 0.15) is 0 Å². The van der Waals surface area contributed by atoms with Crippen LogP contribution in [0.25, 0.3) is 0 Å². The molecule has 3 nitrogen and oxygen atoms in total. The molecule has 3 heteroatoms. The van der Waals surface area contributed by atoms with E-state index in [1.54, 1.807) is 0 Å². The molecule has 0 saturated heterocycles. The third-order valence-electron chi connectivity index (χ3n) is 3.14. The summed E-state index contributed by atoms with van der Waals surface area (Å²) in [4.78, 5) is 14.6. The van der Waals surface area contributed by atoms with E-state index in [9.17, 15) is 4.79 Å². The van der Waals surface area contributed by atoms with Crippen LogP contribution in [0.3, 0.4) is 0 Å². The molecule has 1 rings (SSSR count). The fourth-order valence-electron chi connectivity index (χ4n) is 2.18. The van der Waals surface area contributed by atoms with Crippen molar-refractivity contribution in [3.8, 4) is 11.8 Å². The summed E-state index contributed by atoms with van der Waals surface area (Å²) in [6, 6.07) is 5.76. The second kappa shape index (κ2) is 9.20. The van der Waals surface area contributed by atoms with Gasteiger partial charge in [-0.3, -0.25) is 4.79 Å². The van der Waals surface area contributed by atoms with Gasteiger partial charge in [-0.15, -0.1) is 0 Å². The summed E-state index contributed by atoms with van der Waals surface area (Å²) in [6.07, 6.45) is 2.32. The summed E-state index contributed by atoms with van der Waals surface area (Å²) >= 11 is 0. The lowest BCUT2D eigenvalue weighted by Crippen LogP contribution is -2.33. The molecule has 1 aromatic carbocycles. The Morgan fingerprint density at radius 2 is 1.90 bits per heavy atom. The highest BCUT2D eigenvalue weighted by Crippen LogP contribution is 2.14. The van der Waals surface area contributed by atoms with Crippen LogP contribution >= 0.6 is 0 Å². The van der Waals surface area contributed by atoms with Gasteiger partial charge in [0.25, 0.3) is 5.91 Å². The zero-order valence-corrected chi connectivity index (χ0v) is 13.3. The number of carbonyl (C=O) groups is 1. The number of aliphatic hydroxyl groups is 1. The molecule has 0 saturated carbocycles. The smallest absolute Gasteiger partial charge is 0.255 e. The minimum absolute atomic E-state index is 0.0416. The first-order valence-electron chi connectivity index (χ1n) is 7.63. The highest BCUT2D eigenvalue weighted by molar-refractivity contribution is 5.97. The Bertz CT molecular complexity index is 520. The van der Waals surface area contributed by atoms with Crippen molar-refractivity contribution >= 4 is 5.91 Å². The third-order valence-corrected chi connectivity index (χ3v) is 3.14. The number of amides is 1. The Morgan fingerprint density at radius 1 is 1.24 bits per heavy atom. The second-order valence-corrected chi connectivity index (χ2v) is 5.12. The molecule has 0 bridgehead atoms. The van der Waals surface area contributed by atoms with E-state index in [1.807, 2.05) is 30.0 Å². The molecule has 0 radical (unpaired) electrons. The summed E-state index contributed by atoms with van der Waals surface area (Å²) in [7, 11) is 0. The van der Waals surface area contributed by atoms with E-state index in [0.29, 0.717) is 12.0 Å². The van der Waals surface area contributed by atoms with E-state index in [-0.39, 0.29) is 12.5 Å². The Hall–Kier alpha value is -1.79. The molecule has 0 heterocycles. The maximum Gasteiger partial charge on any atom is 0.255 e. The summed E-state index contributed by atoms with van der Waals surface area (Å²) in [5, 5.41) is 8.82. The molecule has 0 aromatic heterocycles. The van der Waals surface area contributed by atoms with Crippen molar-refractivity contribution in [3.63, 3.8) is 0 Å². The predicted octanol–water partition coefficient (Wildman–Crippen LogP) is 2.99. The van der Waals surface area contributed by atoms with Crippen molar-refractivity contribution in [2.45, 2.75) is 40.0 Å². The molecule has 0 aliphatic rings. The van der Waals surface area contributed by atoms with Gasteiger partial charge in [-0.1, -0.05) is 37.3 Å². The van der Waals surface area contributed by atoms with Crippen molar-refractivity contribution in [1.82, 2.24) is 4.90 Å². The van der Waals surface area contributed by atoms with Gasteiger partial charge < -0.3 is 10.0 Å². The third kappa shape index (κ3) is 5.24. The SMILES string of the molecule is CCCN(CCC)C(=O)c1cc(C)ccc1C#CCCO. The quantitative estimate of drug-likeness (QED) is 0.817. The lowest BCUT2D eigenvalue weighted by molar-refractivity contribution is 0.0755. The van der Waals surface area contributed by atoms with E-state index in [2.05, 4.69) is 25.7 Å². The number of aryl methyl sites for hydroxylation is 1. The molecular formula is C18H25NO2. The molecule has 0 spiro atoms. The molecule has 21 heavy (non-hydrogen) atoms. The van der Waals surface area contributed by atoms with Gasteiger partial charge in [0.2, 0.25) is 0 Å². The zero-order chi connectivity index (χ0) is 15.7.